The SMILES string of the molecule is CSc1ccc(CN2C(=O)NC(C)(C)C2=O)cc1. The molecule has 3 amide bonds. The molecule has 18 heavy (non-hydrogen) atoms. The molecule has 5 heteroatoms. The lowest BCUT2D eigenvalue weighted by Crippen LogP contribution is -2.40. The molecule has 1 N–H and O–H groups in total. The molecule has 0 unspecified atom stereocenters. The van der Waals surface area contributed by atoms with Crippen LogP contribution in [0.4, 0.5) is 4.79 Å². The van der Waals surface area contributed by atoms with Crippen LogP contribution in [-0.4, -0.2) is 28.6 Å². The summed E-state index contributed by atoms with van der Waals surface area (Å²) in [5.41, 5.74) is 0.157. The zero-order valence-electron chi connectivity index (χ0n) is 10.7. The molecule has 0 bridgehead atoms. The van der Waals surface area contributed by atoms with E-state index in [0.29, 0.717) is 6.54 Å². The number of rotatable bonds is 3. The number of hydrogen-bond acceptors (Lipinski definition) is 3. The van der Waals surface area contributed by atoms with Crippen molar-refractivity contribution in [3.8, 4) is 0 Å². The molecule has 1 saturated heterocycles. The lowest BCUT2D eigenvalue weighted by molar-refractivity contribution is -0.130. The van der Waals surface area contributed by atoms with Gasteiger partial charge in [-0.1, -0.05) is 12.1 Å². The van der Waals surface area contributed by atoms with Crippen LogP contribution in [0.3, 0.4) is 0 Å². The first-order valence-corrected chi connectivity index (χ1v) is 6.93. The van der Waals surface area contributed by atoms with E-state index in [1.165, 1.54) is 4.90 Å². The summed E-state index contributed by atoms with van der Waals surface area (Å²) in [6.45, 7) is 3.75. The summed E-state index contributed by atoms with van der Waals surface area (Å²) in [5, 5.41) is 2.67. The molecule has 0 spiro atoms. The Kier molecular flexibility index (Phi) is 3.34. The van der Waals surface area contributed by atoms with E-state index in [1.807, 2.05) is 30.5 Å². The van der Waals surface area contributed by atoms with Gasteiger partial charge in [-0.15, -0.1) is 11.8 Å². The number of thioether (sulfide) groups is 1. The molecule has 1 heterocycles. The first-order valence-electron chi connectivity index (χ1n) is 5.71. The first kappa shape index (κ1) is 13.0. The Balaban J connectivity index is 2.14. The number of urea groups is 1. The third-order valence-corrected chi connectivity index (χ3v) is 3.69. The van der Waals surface area contributed by atoms with Gasteiger partial charge in [-0.2, -0.15) is 0 Å². The summed E-state index contributed by atoms with van der Waals surface area (Å²) in [6, 6.07) is 7.54. The van der Waals surface area contributed by atoms with Crippen molar-refractivity contribution in [2.24, 2.45) is 0 Å². The quantitative estimate of drug-likeness (QED) is 0.673. The number of nitrogens with one attached hydrogen (secondary N) is 1. The molecule has 2 rings (SSSR count). The second-order valence-electron chi connectivity index (χ2n) is 4.79. The minimum absolute atomic E-state index is 0.179. The van der Waals surface area contributed by atoms with E-state index in [4.69, 9.17) is 0 Å². The fourth-order valence-electron chi connectivity index (χ4n) is 1.88. The summed E-state index contributed by atoms with van der Waals surface area (Å²) in [4.78, 5) is 26.1. The third-order valence-electron chi connectivity index (χ3n) is 2.94. The monoisotopic (exact) mass is 264 g/mol. The topological polar surface area (TPSA) is 49.4 Å². The number of hydrogen-bond donors (Lipinski definition) is 1. The Morgan fingerprint density at radius 2 is 1.83 bits per heavy atom. The second-order valence-corrected chi connectivity index (χ2v) is 5.67. The van der Waals surface area contributed by atoms with Crippen LogP contribution in [-0.2, 0) is 11.3 Å². The van der Waals surface area contributed by atoms with Gasteiger partial charge in [0.25, 0.3) is 5.91 Å². The number of amides is 3. The zero-order chi connectivity index (χ0) is 13.3. The molecule has 1 aliphatic heterocycles. The van der Waals surface area contributed by atoms with E-state index >= 15 is 0 Å². The molecule has 4 nitrogen and oxygen atoms in total. The highest BCUT2D eigenvalue weighted by Crippen LogP contribution is 2.20. The summed E-state index contributed by atoms with van der Waals surface area (Å²) in [6.07, 6.45) is 2.01. The molecule has 0 radical (unpaired) electrons. The van der Waals surface area contributed by atoms with Gasteiger partial charge in [0.1, 0.15) is 5.54 Å². The van der Waals surface area contributed by atoms with Gasteiger partial charge >= 0.3 is 6.03 Å². The highest BCUT2D eigenvalue weighted by Gasteiger charge is 2.43. The Bertz CT molecular complexity index is 482. The van der Waals surface area contributed by atoms with Gasteiger partial charge in [0.15, 0.2) is 0 Å². The molecule has 96 valence electrons. The van der Waals surface area contributed by atoms with Crippen molar-refractivity contribution in [2.45, 2.75) is 30.8 Å². The largest absolute Gasteiger partial charge is 0.325 e. The average molecular weight is 264 g/mol. The van der Waals surface area contributed by atoms with Crippen molar-refractivity contribution in [1.82, 2.24) is 10.2 Å². The Labute approximate surface area is 111 Å². The van der Waals surface area contributed by atoms with Crippen LogP contribution in [0.1, 0.15) is 19.4 Å². The Hall–Kier alpha value is -1.49. The van der Waals surface area contributed by atoms with Gasteiger partial charge in [-0.05, 0) is 37.8 Å². The molecule has 0 aromatic heterocycles. The maximum Gasteiger partial charge on any atom is 0.325 e. The highest BCUT2D eigenvalue weighted by molar-refractivity contribution is 7.98. The molecule has 1 aromatic rings. The first-order chi connectivity index (χ1) is 8.44. The van der Waals surface area contributed by atoms with Gasteiger partial charge in [0.05, 0.1) is 6.54 Å². The molecule has 0 saturated carbocycles. The van der Waals surface area contributed by atoms with Gasteiger partial charge in [0.2, 0.25) is 0 Å². The molecule has 1 aromatic carbocycles. The van der Waals surface area contributed by atoms with Crippen LogP contribution < -0.4 is 5.32 Å². The molecule has 1 fully saturated rings. The van der Waals surface area contributed by atoms with Crippen LogP contribution in [0.15, 0.2) is 29.2 Å². The van der Waals surface area contributed by atoms with Gasteiger partial charge < -0.3 is 5.32 Å². The average Bonchev–Trinajstić information content (AvgIpc) is 2.52. The maximum absolute atomic E-state index is 12.0. The smallest absolute Gasteiger partial charge is 0.324 e. The Morgan fingerprint density at radius 3 is 2.28 bits per heavy atom. The van der Waals surface area contributed by atoms with Crippen LogP contribution in [0.25, 0.3) is 0 Å². The Morgan fingerprint density at radius 1 is 1.22 bits per heavy atom. The van der Waals surface area contributed by atoms with Crippen LogP contribution in [0.5, 0.6) is 0 Å². The predicted molar refractivity (Wildman–Crippen MR) is 71.4 cm³/mol. The van der Waals surface area contributed by atoms with Gasteiger partial charge in [-0.25, -0.2) is 4.79 Å². The summed E-state index contributed by atoms with van der Waals surface area (Å²) in [7, 11) is 0. The van der Waals surface area contributed by atoms with E-state index < -0.39 is 5.54 Å². The zero-order valence-corrected chi connectivity index (χ0v) is 11.5. The van der Waals surface area contributed by atoms with Crippen molar-refractivity contribution in [2.75, 3.05) is 6.26 Å². The lowest BCUT2D eigenvalue weighted by atomic mass is 10.1. The van der Waals surface area contributed by atoms with E-state index in [2.05, 4.69) is 5.32 Å². The number of carbonyl (C=O) groups excluding carboxylic acids is 2. The van der Waals surface area contributed by atoms with Crippen molar-refractivity contribution in [3.63, 3.8) is 0 Å². The van der Waals surface area contributed by atoms with Crippen molar-refractivity contribution >= 4 is 23.7 Å². The van der Waals surface area contributed by atoms with E-state index in [-0.39, 0.29) is 11.9 Å². The minimum Gasteiger partial charge on any atom is -0.324 e. The third kappa shape index (κ3) is 2.36. The van der Waals surface area contributed by atoms with Crippen molar-refractivity contribution in [3.05, 3.63) is 29.8 Å². The maximum atomic E-state index is 12.0. The standard InChI is InChI=1S/C13H16N2O2S/c1-13(2)11(16)15(12(17)14-13)8-9-4-6-10(18-3)7-5-9/h4-7H,8H2,1-3H3,(H,14,17). The molecule has 0 atom stereocenters. The van der Waals surface area contributed by atoms with Gasteiger partial charge in [-0.3, -0.25) is 9.69 Å². The fraction of sp³-hybridized carbons (Fsp3) is 0.385. The number of carbonyl (C=O) groups is 2. The normalized spacial score (nSPS) is 18.1. The van der Waals surface area contributed by atoms with Crippen molar-refractivity contribution in [1.29, 1.82) is 0 Å². The summed E-state index contributed by atoms with van der Waals surface area (Å²) >= 11 is 1.66. The van der Waals surface area contributed by atoms with E-state index in [0.717, 1.165) is 10.5 Å². The number of nitrogens with zero attached hydrogens (tertiary/aromatic N) is 1. The van der Waals surface area contributed by atoms with E-state index in [9.17, 15) is 9.59 Å². The molecule has 0 aliphatic carbocycles. The molecule has 1 aliphatic rings. The molecular formula is C13H16N2O2S. The summed E-state index contributed by atoms with van der Waals surface area (Å²) in [5.74, 6) is -0.179. The minimum atomic E-state index is -0.795. The second kappa shape index (κ2) is 4.65. The molecular weight excluding hydrogens is 248 g/mol. The van der Waals surface area contributed by atoms with E-state index in [1.54, 1.807) is 25.6 Å². The predicted octanol–water partition coefficient (Wildman–Crippen LogP) is 2.24. The number of benzene rings is 1. The van der Waals surface area contributed by atoms with Crippen molar-refractivity contribution < 1.29 is 9.59 Å². The van der Waals surface area contributed by atoms with Crippen LogP contribution in [0, 0.1) is 0 Å². The van der Waals surface area contributed by atoms with Crippen LogP contribution >= 0.6 is 11.8 Å². The summed E-state index contributed by atoms with van der Waals surface area (Å²) < 4.78 is 0. The van der Waals surface area contributed by atoms with Gasteiger partial charge in [0, 0.05) is 4.90 Å². The van der Waals surface area contributed by atoms with Crippen LogP contribution in [0.2, 0.25) is 0 Å². The fourth-order valence-corrected chi connectivity index (χ4v) is 2.28. The number of imide groups is 1. The lowest BCUT2D eigenvalue weighted by Gasteiger charge is -2.16. The highest BCUT2D eigenvalue weighted by atomic mass is 32.2.